The first-order chi connectivity index (χ1) is 22.2. The number of carbonyl (C=O) groups is 2. The van der Waals surface area contributed by atoms with Crippen LogP contribution in [0.4, 0.5) is 10.1 Å². The number of carboxylic acid groups (broad SMARTS) is 1. The second-order valence-corrected chi connectivity index (χ2v) is 11.0. The van der Waals surface area contributed by atoms with Gasteiger partial charge in [-0.2, -0.15) is 5.26 Å². The third-order valence-electron chi connectivity index (χ3n) is 7.63. The van der Waals surface area contributed by atoms with Gasteiger partial charge in [0.05, 0.1) is 23.3 Å². The van der Waals surface area contributed by atoms with E-state index in [0.29, 0.717) is 58.7 Å². The Labute approximate surface area is 276 Å². The second kappa shape index (κ2) is 15.4. The van der Waals surface area contributed by atoms with Gasteiger partial charge in [-0.25, -0.2) is 4.39 Å². The maximum absolute atomic E-state index is 14.8. The lowest BCUT2D eigenvalue weighted by Gasteiger charge is -2.20. The molecule has 0 aromatic heterocycles. The van der Waals surface area contributed by atoms with Crippen LogP contribution < -0.4 is 20.1 Å². The fraction of sp³-hybridized carbons (Fsp3) is 0.229. The van der Waals surface area contributed by atoms with Gasteiger partial charge in [0.2, 0.25) is 6.41 Å². The van der Waals surface area contributed by atoms with E-state index in [1.165, 1.54) is 12.1 Å². The monoisotopic (exact) mass is 661 g/mol. The molecule has 0 saturated heterocycles. The first kappa shape index (κ1) is 34.7. The number of fused-ring (bicyclic) bond motifs is 1. The number of phenols is 1. The van der Waals surface area contributed by atoms with E-state index in [1.807, 2.05) is 12.1 Å². The van der Waals surface area contributed by atoms with E-state index in [9.17, 15) is 34.6 Å². The van der Waals surface area contributed by atoms with E-state index < -0.39 is 36.3 Å². The highest BCUT2D eigenvalue weighted by molar-refractivity contribution is 6.32. The van der Waals surface area contributed by atoms with E-state index in [4.69, 9.17) is 21.1 Å². The smallest absolute Gasteiger partial charge is 0.323 e. The maximum atomic E-state index is 14.8. The Morgan fingerprint density at radius 2 is 1.89 bits per heavy atom. The fourth-order valence-electron chi connectivity index (χ4n) is 5.43. The Morgan fingerprint density at radius 3 is 2.62 bits per heavy atom. The number of rotatable bonds is 13. The first-order valence-corrected chi connectivity index (χ1v) is 14.6. The van der Waals surface area contributed by atoms with Crippen molar-refractivity contribution in [1.29, 1.82) is 5.26 Å². The molecule has 4 aromatic rings. The van der Waals surface area contributed by atoms with Crippen LogP contribution >= 0.6 is 11.6 Å². The number of nitriles is 1. The van der Waals surface area contributed by atoms with Crippen molar-refractivity contribution in [3.63, 3.8) is 0 Å². The number of benzene rings is 4. The molecule has 10 nitrogen and oxygen atoms in total. The number of aliphatic hydroxyl groups is 1. The SMILES string of the molecule is C.N#Cc1cc(COc2cc(O[C@H]3CCc4c(-c5cccc(O)c5F)cccc43)c(Cl)cc2CN[C@@H](CO)C(=O)O)cc(NC=O)c1. The molecule has 0 radical (unpaired) electrons. The van der Waals surface area contributed by atoms with Crippen LogP contribution in [0.1, 0.15) is 47.8 Å². The van der Waals surface area contributed by atoms with Gasteiger partial charge in [0.1, 0.15) is 30.3 Å². The van der Waals surface area contributed by atoms with Crippen molar-refractivity contribution in [2.24, 2.45) is 0 Å². The molecule has 1 aliphatic carbocycles. The van der Waals surface area contributed by atoms with Gasteiger partial charge in [0.25, 0.3) is 0 Å². The normalized spacial score (nSPS) is 13.9. The van der Waals surface area contributed by atoms with Crippen LogP contribution in [-0.4, -0.2) is 40.3 Å². The largest absolute Gasteiger partial charge is 0.505 e. The van der Waals surface area contributed by atoms with Crippen molar-refractivity contribution < 1.29 is 38.8 Å². The zero-order valence-corrected chi connectivity index (χ0v) is 25.1. The second-order valence-electron chi connectivity index (χ2n) is 10.6. The average molecular weight is 662 g/mol. The fourth-order valence-corrected chi connectivity index (χ4v) is 5.66. The number of carbonyl (C=O) groups excluding carboxylic acids is 1. The van der Waals surface area contributed by atoms with Gasteiger partial charge in [-0.3, -0.25) is 14.9 Å². The number of anilines is 1. The quantitative estimate of drug-likeness (QED) is 0.107. The molecule has 0 aliphatic heterocycles. The lowest BCUT2D eigenvalue weighted by molar-refractivity contribution is -0.140. The van der Waals surface area contributed by atoms with Gasteiger partial charge in [-0.05, 0) is 65.4 Å². The van der Waals surface area contributed by atoms with E-state index in [1.54, 1.807) is 48.5 Å². The summed E-state index contributed by atoms with van der Waals surface area (Å²) >= 11 is 6.67. The number of nitrogens with one attached hydrogen (secondary N) is 2. The molecule has 244 valence electrons. The molecule has 0 fully saturated rings. The summed E-state index contributed by atoms with van der Waals surface area (Å²) in [6.07, 6.45) is 1.24. The third-order valence-corrected chi connectivity index (χ3v) is 7.93. The molecule has 5 N–H and O–H groups in total. The zero-order chi connectivity index (χ0) is 32.8. The summed E-state index contributed by atoms with van der Waals surface area (Å²) in [5.41, 5.74) is 4.47. The number of aliphatic hydroxyl groups excluding tert-OH is 1. The summed E-state index contributed by atoms with van der Waals surface area (Å²) in [6, 6.07) is 18.7. The van der Waals surface area contributed by atoms with E-state index in [0.717, 1.165) is 11.1 Å². The number of ether oxygens (including phenoxy) is 2. The summed E-state index contributed by atoms with van der Waals surface area (Å²) in [5.74, 6) is -1.77. The van der Waals surface area contributed by atoms with Crippen LogP contribution in [0, 0.1) is 17.1 Å². The molecule has 0 saturated carbocycles. The number of hydrogen-bond acceptors (Lipinski definition) is 8. The number of amides is 1. The van der Waals surface area contributed by atoms with Crippen LogP contribution in [0.3, 0.4) is 0 Å². The molecule has 0 heterocycles. The van der Waals surface area contributed by atoms with Crippen molar-refractivity contribution in [3.05, 3.63) is 105 Å². The average Bonchev–Trinajstić information content (AvgIpc) is 3.46. The summed E-state index contributed by atoms with van der Waals surface area (Å²) < 4.78 is 27.3. The number of phenolic OH excluding ortho intramolecular Hbond substituents is 1. The highest BCUT2D eigenvalue weighted by Gasteiger charge is 2.29. The Morgan fingerprint density at radius 1 is 1.13 bits per heavy atom. The summed E-state index contributed by atoms with van der Waals surface area (Å²) in [6.45, 7) is -0.678. The molecule has 0 unspecified atom stereocenters. The van der Waals surface area contributed by atoms with E-state index in [2.05, 4.69) is 10.6 Å². The molecule has 47 heavy (non-hydrogen) atoms. The summed E-state index contributed by atoms with van der Waals surface area (Å²) in [5, 5.41) is 43.7. The van der Waals surface area contributed by atoms with Crippen molar-refractivity contribution in [2.45, 2.75) is 45.6 Å². The Bertz CT molecular complexity index is 1830. The molecule has 5 rings (SSSR count). The maximum Gasteiger partial charge on any atom is 0.323 e. The molecule has 12 heteroatoms. The molecule has 0 bridgehead atoms. The lowest BCUT2D eigenvalue weighted by Crippen LogP contribution is -2.39. The predicted octanol–water partition coefficient (Wildman–Crippen LogP) is 6.11. The van der Waals surface area contributed by atoms with Gasteiger partial charge in [-0.15, -0.1) is 0 Å². The summed E-state index contributed by atoms with van der Waals surface area (Å²) in [7, 11) is 0. The Hall–Kier alpha value is -5.15. The first-order valence-electron chi connectivity index (χ1n) is 14.2. The standard InChI is InChI=1S/C34H29ClFN3O7.CH4/c35-27-12-21(15-38-28(16-40)34(43)44)31(45-17-20-9-19(14-37)10-22(11-20)39-18-41)13-32(27)46-30-8-7-24-23(3-1-4-25(24)30)26-5-2-6-29(42)33(26)36;/h1-6,9-13,18,28,30,38,40,42H,7-8,15-17H2,(H,39,41)(H,43,44);1H4/t28-,30-;/m0./s1. The number of nitrogens with zero attached hydrogens (tertiary/aromatic N) is 1. The van der Waals surface area contributed by atoms with Crippen LogP contribution in [0.5, 0.6) is 17.2 Å². The Kier molecular flexibility index (Phi) is 11.4. The minimum atomic E-state index is -1.23. The summed E-state index contributed by atoms with van der Waals surface area (Å²) in [4.78, 5) is 22.4. The molecular formula is C35H33ClFN3O7. The van der Waals surface area contributed by atoms with Crippen LogP contribution in [0.15, 0.2) is 66.7 Å². The number of hydrogen-bond donors (Lipinski definition) is 5. The number of halogens is 2. The van der Waals surface area contributed by atoms with Crippen molar-refractivity contribution in [1.82, 2.24) is 5.32 Å². The molecular weight excluding hydrogens is 629 g/mol. The van der Waals surface area contributed by atoms with Crippen LogP contribution in [0.25, 0.3) is 11.1 Å². The highest BCUT2D eigenvalue weighted by Crippen LogP contribution is 2.43. The Balaban J connectivity index is 0.00000500. The number of aromatic hydroxyl groups is 1. The highest BCUT2D eigenvalue weighted by atomic mass is 35.5. The predicted molar refractivity (Wildman–Crippen MR) is 174 cm³/mol. The van der Waals surface area contributed by atoms with Gasteiger partial charge < -0.3 is 30.1 Å². The zero-order valence-electron chi connectivity index (χ0n) is 24.3. The van der Waals surface area contributed by atoms with Crippen LogP contribution in [-0.2, 0) is 29.2 Å². The molecule has 2 atom stereocenters. The van der Waals surface area contributed by atoms with E-state index >= 15 is 0 Å². The number of carboxylic acids is 1. The van der Waals surface area contributed by atoms with Gasteiger partial charge >= 0.3 is 5.97 Å². The number of aliphatic carboxylic acids is 1. The van der Waals surface area contributed by atoms with Crippen LogP contribution in [0.2, 0.25) is 5.02 Å². The van der Waals surface area contributed by atoms with E-state index in [-0.39, 0.29) is 31.2 Å². The van der Waals surface area contributed by atoms with Crippen molar-refractivity contribution >= 4 is 29.7 Å². The van der Waals surface area contributed by atoms with Gasteiger partial charge in [-0.1, -0.05) is 49.4 Å². The molecule has 0 spiro atoms. The van der Waals surface area contributed by atoms with Gasteiger partial charge in [0, 0.05) is 29.4 Å². The molecule has 1 amide bonds. The van der Waals surface area contributed by atoms with Gasteiger partial charge in [0.15, 0.2) is 11.6 Å². The topological polar surface area (TPSA) is 161 Å². The van der Waals surface area contributed by atoms with Crippen molar-refractivity contribution in [2.75, 3.05) is 11.9 Å². The minimum absolute atomic E-state index is 0. The lowest BCUT2D eigenvalue weighted by atomic mass is 9.96. The third kappa shape index (κ3) is 7.81. The minimum Gasteiger partial charge on any atom is -0.505 e. The van der Waals surface area contributed by atoms with Crippen molar-refractivity contribution in [3.8, 4) is 34.4 Å². The molecule has 4 aromatic carbocycles. The molecule has 1 aliphatic rings.